The summed E-state index contributed by atoms with van der Waals surface area (Å²) in [6.45, 7) is 2.08. The molecule has 0 radical (unpaired) electrons. The van der Waals surface area contributed by atoms with E-state index < -0.39 is 81.0 Å². The molecule has 16 heteroatoms. The van der Waals surface area contributed by atoms with Gasteiger partial charge >= 0.3 is 24.7 Å². The van der Waals surface area contributed by atoms with Gasteiger partial charge in [-0.15, -0.1) is 0 Å². The Balaban J connectivity index is 0.000000753. The van der Waals surface area contributed by atoms with Crippen LogP contribution in [0.5, 0.6) is 0 Å². The molecule has 1 aliphatic rings. The summed E-state index contributed by atoms with van der Waals surface area (Å²) in [5.41, 5.74) is -8.13. The topological polar surface area (TPSA) is 42.3 Å². The van der Waals surface area contributed by atoms with E-state index in [1.165, 1.54) is 64.7 Å². The number of alkyl halides is 12. The fourth-order valence-corrected chi connectivity index (χ4v) is 8.00. The molecular formula is C49H28F12N2O2. The van der Waals surface area contributed by atoms with Crippen molar-refractivity contribution in [3.63, 3.8) is 0 Å². The van der Waals surface area contributed by atoms with E-state index >= 15 is 0 Å². The normalized spacial score (nSPS) is 13.3. The van der Waals surface area contributed by atoms with Gasteiger partial charge in [0.2, 0.25) is 0 Å². The second kappa shape index (κ2) is 16.0. The van der Waals surface area contributed by atoms with Crippen molar-refractivity contribution in [2.75, 3.05) is 4.90 Å². The first-order valence-corrected chi connectivity index (χ1v) is 19.3. The number of halogens is 12. The van der Waals surface area contributed by atoms with E-state index in [9.17, 15) is 62.3 Å². The highest BCUT2D eigenvalue weighted by atomic mass is 19.4. The van der Waals surface area contributed by atoms with Gasteiger partial charge in [-0.05, 0) is 89.8 Å². The third-order valence-electron chi connectivity index (χ3n) is 10.8. The smallest absolute Gasteiger partial charge is 0.308 e. The molecule has 0 bridgehead atoms. The molecule has 330 valence electrons. The van der Waals surface area contributed by atoms with Gasteiger partial charge in [0, 0.05) is 10.8 Å². The number of carbonyl (C=O) groups is 2. The number of amides is 2. The minimum atomic E-state index is -5.40. The minimum absolute atomic E-state index is 0.0458. The second-order valence-corrected chi connectivity index (χ2v) is 14.9. The van der Waals surface area contributed by atoms with Gasteiger partial charge in [0.25, 0.3) is 11.8 Å². The van der Waals surface area contributed by atoms with E-state index in [1.54, 1.807) is 18.2 Å². The van der Waals surface area contributed by atoms with Crippen LogP contribution >= 0.6 is 0 Å². The average Bonchev–Trinajstić information content (AvgIpc) is 3.73. The molecular weight excluding hydrogens is 877 g/mol. The van der Waals surface area contributed by atoms with E-state index in [2.05, 4.69) is 19.1 Å². The number of para-hydroxylation sites is 1. The molecule has 8 aromatic rings. The highest BCUT2D eigenvalue weighted by molar-refractivity contribution is 6.36. The maximum absolute atomic E-state index is 14.7. The lowest BCUT2D eigenvalue weighted by atomic mass is 9.90. The lowest BCUT2D eigenvalue weighted by Gasteiger charge is -2.18. The largest absolute Gasteiger partial charge is 0.417 e. The van der Waals surface area contributed by atoms with Gasteiger partial charge in [0.15, 0.2) is 0 Å². The van der Waals surface area contributed by atoms with Gasteiger partial charge in [-0.1, -0.05) is 96.6 Å². The Hall–Kier alpha value is -7.36. The van der Waals surface area contributed by atoms with Crippen LogP contribution in [0.4, 0.5) is 58.4 Å². The summed E-state index contributed by atoms with van der Waals surface area (Å²) in [6, 6.07) is 31.3. The highest BCUT2D eigenvalue weighted by Gasteiger charge is 2.42. The van der Waals surface area contributed by atoms with Crippen molar-refractivity contribution in [3.8, 4) is 27.9 Å². The molecule has 7 aromatic carbocycles. The van der Waals surface area contributed by atoms with Crippen LogP contribution in [-0.4, -0.2) is 16.4 Å². The van der Waals surface area contributed by atoms with Crippen molar-refractivity contribution in [3.05, 3.63) is 191 Å². The maximum atomic E-state index is 14.7. The Morgan fingerprint density at radius 3 is 1.25 bits per heavy atom. The van der Waals surface area contributed by atoms with Gasteiger partial charge in [-0.3, -0.25) is 9.59 Å². The minimum Gasteiger partial charge on any atom is -0.308 e. The fourth-order valence-electron chi connectivity index (χ4n) is 8.00. The van der Waals surface area contributed by atoms with Crippen molar-refractivity contribution in [1.82, 2.24) is 4.57 Å². The first kappa shape index (κ1) is 44.3. The first-order valence-electron chi connectivity index (χ1n) is 19.3. The summed E-state index contributed by atoms with van der Waals surface area (Å²) in [7, 11) is 0. The van der Waals surface area contributed by atoms with Crippen LogP contribution < -0.4 is 4.90 Å². The number of anilines is 1. The Morgan fingerprint density at radius 2 is 0.831 bits per heavy atom. The van der Waals surface area contributed by atoms with Crippen LogP contribution in [0.15, 0.2) is 152 Å². The van der Waals surface area contributed by atoms with E-state index in [0.29, 0.717) is 24.3 Å². The summed E-state index contributed by atoms with van der Waals surface area (Å²) in [6.07, 6.45) is -21.2. The van der Waals surface area contributed by atoms with Crippen LogP contribution in [0.25, 0.3) is 49.7 Å². The van der Waals surface area contributed by atoms with Crippen LogP contribution in [0.3, 0.4) is 0 Å². The third kappa shape index (κ3) is 8.08. The van der Waals surface area contributed by atoms with E-state index in [-0.39, 0.29) is 56.4 Å². The number of hydrogen-bond donors (Lipinski definition) is 0. The Bertz CT molecular complexity index is 3020. The molecule has 1 aliphatic heterocycles. The Kier molecular flexibility index (Phi) is 10.9. The number of benzene rings is 7. The molecule has 0 saturated carbocycles. The number of hydrogen-bond acceptors (Lipinski definition) is 2. The lowest BCUT2D eigenvalue weighted by molar-refractivity contribution is -0.144. The molecule has 0 atom stereocenters. The van der Waals surface area contributed by atoms with Crippen molar-refractivity contribution in [2.45, 2.75) is 31.6 Å². The SMILES string of the molecule is Cc1ccccc1.O=C1c2cccc(-n3c4cccc(-c5ccc(C(F)(F)F)cc5C(F)(F)F)c4c4c(-c5ccc(C(F)(F)F)cc5C(F)(F)F)cccc43)c2C(=O)N1c1ccccc1. The van der Waals surface area contributed by atoms with Crippen molar-refractivity contribution in [1.29, 1.82) is 0 Å². The molecule has 9 rings (SSSR count). The summed E-state index contributed by atoms with van der Waals surface area (Å²) in [5, 5.41) is -0.499. The number of rotatable bonds is 4. The molecule has 1 aromatic heterocycles. The molecule has 0 unspecified atom stereocenters. The van der Waals surface area contributed by atoms with Crippen molar-refractivity contribution < 1.29 is 62.3 Å². The molecule has 0 fully saturated rings. The van der Waals surface area contributed by atoms with Crippen molar-refractivity contribution >= 4 is 39.3 Å². The monoisotopic (exact) mass is 904 g/mol. The predicted octanol–water partition coefficient (Wildman–Crippen LogP) is 15.0. The van der Waals surface area contributed by atoms with Crippen LogP contribution in [0.1, 0.15) is 48.5 Å². The molecule has 0 spiro atoms. The number of aromatic nitrogens is 1. The number of carbonyl (C=O) groups excluding carboxylic acids is 2. The zero-order valence-corrected chi connectivity index (χ0v) is 33.2. The van der Waals surface area contributed by atoms with Crippen LogP contribution in [0.2, 0.25) is 0 Å². The Labute approximate surface area is 360 Å². The molecule has 4 nitrogen and oxygen atoms in total. The fraction of sp³-hybridized carbons (Fsp3) is 0.102. The Morgan fingerprint density at radius 1 is 0.400 bits per heavy atom. The highest BCUT2D eigenvalue weighted by Crippen LogP contribution is 2.50. The maximum Gasteiger partial charge on any atom is 0.417 e. The lowest BCUT2D eigenvalue weighted by Crippen LogP contribution is -2.29. The van der Waals surface area contributed by atoms with Gasteiger partial charge < -0.3 is 4.57 Å². The van der Waals surface area contributed by atoms with Gasteiger partial charge in [-0.25, -0.2) is 4.90 Å². The third-order valence-corrected chi connectivity index (χ3v) is 10.8. The zero-order chi connectivity index (χ0) is 46.8. The van der Waals surface area contributed by atoms with Gasteiger partial charge in [0.05, 0.1) is 55.8 Å². The van der Waals surface area contributed by atoms with E-state index in [4.69, 9.17) is 0 Å². The number of imide groups is 1. The predicted molar refractivity (Wildman–Crippen MR) is 220 cm³/mol. The van der Waals surface area contributed by atoms with E-state index in [1.807, 2.05) is 18.2 Å². The molecule has 65 heavy (non-hydrogen) atoms. The molecule has 2 heterocycles. The van der Waals surface area contributed by atoms with Crippen LogP contribution in [-0.2, 0) is 24.7 Å². The average molecular weight is 905 g/mol. The number of aryl methyl sites for hydroxylation is 1. The van der Waals surface area contributed by atoms with E-state index in [0.717, 1.165) is 17.0 Å². The molecule has 0 saturated heterocycles. The standard InChI is InChI=1S/C42H20F12N2O2.C7H8/c43-39(44,45)21-15-17-24(29(19-21)41(49,50)51)26-9-4-12-31-34(26)35-27(25-18-16-22(40(46,47)48)20-30(25)42(52,53)54)10-5-13-32(35)56(31)33-14-6-11-28-36(33)38(58)55(37(28)57)23-7-2-1-3-8-23;1-7-5-3-2-4-6-7/h1-20H;2-6H,1H3. The van der Waals surface area contributed by atoms with Gasteiger partial charge in [-0.2, -0.15) is 52.7 Å². The summed E-state index contributed by atoms with van der Waals surface area (Å²) < 4.78 is 172. The molecule has 0 N–H and O–H groups in total. The second-order valence-electron chi connectivity index (χ2n) is 14.9. The molecule has 2 amide bonds. The van der Waals surface area contributed by atoms with Crippen molar-refractivity contribution in [2.24, 2.45) is 0 Å². The molecule has 0 aliphatic carbocycles. The quantitative estimate of drug-likeness (QED) is 0.130. The van der Waals surface area contributed by atoms with Gasteiger partial charge in [0.1, 0.15) is 0 Å². The summed E-state index contributed by atoms with van der Waals surface area (Å²) in [4.78, 5) is 28.8. The number of fused-ring (bicyclic) bond motifs is 4. The van der Waals surface area contributed by atoms with Crippen LogP contribution in [0, 0.1) is 6.92 Å². The zero-order valence-electron chi connectivity index (χ0n) is 33.2. The summed E-state index contributed by atoms with van der Waals surface area (Å²) in [5.74, 6) is -1.57. The summed E-state index contributed by atoms with van der Waals surface area (Å²) >= 11 is 0. The first-order chi connectivity index (χ1) is 30.6. The number of nitrogens with zero attached hydrogens (tertiary/aromatic N) is 2.